The number of para-hydroxylation sites is 4. The molecule has 0 saturated heterocycles. The Balaban J connectivity index is 1.32. The molecule has 45 heavy (non-hydrogen) atoms. The van der Waals surface area contributed by atoms with Crippen molar-refractivity contribution in [1.82, 2.24) is 0 Å². The Labute approximate surface area is 274 Å². The highest BCUT2D eigenvalue weighted by molar-refractivity contribution is 5.93. The topological polar surface area (TPSA) is 73.2 Å². The number of anilines is 4. The first-order valence-corrected chi connectivity index (χ1v) is 18.4. The van der Waals surface area contributed by atoms with Gasteiger partial charge < -0.3 is 24.7 Å². The summed E-state index contributed by atoms with van der Waals surface area (Å²) in [6, 6.07) is 17.9. The molecule has 1 aliphatic rings. The highest BCUT2D eigenvalue weighted by atomic mass is 16.5. The lowest BCUT2D eigenvalue weighted by Crippen LogP contribution is -2.30. The highest BCUT2D eigenvalue weighted by Gasteiger charge is 2.27. The summed E-state index contributed by atoms with van der Waals surface area (Å²) in [6.07, 6.45) is 23.8. The minimum Gasteiger partial charge on any atom is -0.466 e. The molecule has 2 aromatic rings. The number of esters is 1. The number of hydrogen-bond acceptors (Lipinski definition) is 6. The molecule has 0 aliphatic carbocycles. The molecule has 6 heteroatoms. The Kier molecular flexibility index (Phi) is 19.4. The Morgan fingerprint density at radius 1 is 0.467 bits per heavy atom. The molecule has 0 radical (unpaired) electrons. The van der Waals surface area contributed by atoms with Crippen LogP contribution in [0.25, 0.3) is 0 Å². The van der Waals surface area contributed by atoms with Gasteiger partial charge in [-0.1, -0.05) is 114 Å². The molecule has 1 heterocycles. The molecule has 1 aliphatic heterocycles. The maximum absolute atomic E-state index is 11.6. The van der Waals surface area contributed by atoms with Crippen molar-refractivity contribution in [3.63, 3.8) is 0 Å². The summed E-state index contributed by atoms with van der Waals surface area (Å²) >= 11 is 0. The van der Waals surface area contributed by atoms with Gasteiger partial charge in [-0.25, -0.2) is 0 Å². The van der Waals surface area contributed by atoms with Crippen LogP contribution in [0.15, 0.2) is 48.5 Å². The van der Waals surface area contributed by atoms with E-state index < -0.39 is 0 Å². The lowest BCUT2D eigenvalue weighted by Gasteiger charge is -2.40. The number of rotatable bonds is 27. The van der Waals surface area contributed by atoms with Gasteiger partial charge in [0.15, 0.2) is 0 Å². The summed E-state index contributed by atoms with van der Waals surface area (Å²) < 4.78 is 5.27. The number of fused-ring (bicyclic) bond motifs is 2. The molecule has 0 bridgehead atoms. The Morgan fingerprint density at radius 2 is 0.800 bits per heavy atom. The first kappa shape index (κ1) is 36.9. The van der Waals surface area contributed by atoms with Gasteiger partial charge >= 0.3 is 5.97 Å². The molecule has 2 N–H and O–H groups in total. The Hall–Kier alpha value is -2.57. The van der Waals surface area contributed by atoms with Gasteiger partial charge in [0.2, 0.25) is 0 Å². The molecular weight excluding hydrogens is 560 g/mol. The standard InChI is InChI=1S/C39H62N2O4/c42-32-22-13-9-5-1-3-7-11-20-30-40-35-25-15-17-27-37(35)41(38-28-18-16-26-36(38)40)31-21-12-8-4-2-6-10-14-24-34-45-39(44)29-19-23-33-43/h15-18,25-28,42-43H,1-14,19-24,29-34H2. The van der Waals surface area contributed by atoms with E-state index in [9.17, 15) is 4.79 Å². The number of carbonyl (C=O) groups is 1. The van der Waals surface area contributed by atoms with Gasteiger partial charge in [0.25, 0.3) is 0 Å². The largest absolute Gasteiger partial charge is 0.466 e. The van der Waals surface area contributed by atoms with Gasteiger partial charge in [0.05, 0.1) is 29.4 Å². The van der Waals surface area contributed by atoms with E-state index in [1.54, 1.807) is 0 Å². The predicted octanol–water partition coefficient (Wildman–Crippen LogP) is 10.00. The molecule has 6 nitrogen and oxygen atoms in total. The normalized spacial score (nSPS) is 12.3. The molecule has 0 fully saturated rings. The zero-order chi connectivity index (χ0) is 31.8. The molecule has 0 atom stereocenters. The second-order valence-corrected chi connectivity index (χ2v) is 12.8. The molecular formula is C39H62N2O4. The number of ether oxygens (including phenoxy) is 1. The molecule has 0 saturated carbocycles. The summed E-state index contributed by atoms with van der Waals surface area (Å²) in [5.74, 6) is -0.128. The van der Waals surface area contributed by atoms with Crippen molar-refractivity contribution in [2.45, 2.75) is 135 Å². The molecule has 252 valence electrons. The van der Waals surface area contributed by atoms with Gasteiger partial charge in [-0.2, -0.15) is 0 Å². The number of aliphatic hydroxyl groups excluding tert-OH is 2. The van der Waals surface area contributed by atoms with E-state index in [4.69, 9.17) is 14.9 Å². The highest BCUT2D eigenvalue weighted by Crippen LogP contribution is 2.47. The van der Waals surface area contributed by atoms with E-state index in [0.717, 1.165) is 32.4 Å². The Morgan fingerprint density at radius 3 is 1.20 bits per heavy atom. The molecule has 3 rings (SSSR count). The van der Waals surface area contributed by atoms with Crippen LogP contribution in [-0.2, 0) is 9.53 Å². The van der Waals surface area contributed by atoms with E-state index >= 15 is 0 Å². The van der Waals surface area contributed by atoms with E-state index in [0.29, 0.717) is 32.5 Å². The van der Waals surface area contributed by atoms with E-state index in [2.05, 4.69) is 58.3 Å². The second kappa shape index (κ2) is 23.7. The Bertz CT molecular complexity index is 998. The fraction of sp³-hybridized carbons (Fsp3) is 0.667. The third kappa shape index (κ3) is 14.2. The van der Waals surface area contributed by atoms with Crippen LogP contribution >= 0.6 is 0 Å². The number of carbonyl (C=O) groups excluding carboxylic acids is 1. The van der Waals surface area contributed by atoms with Crippen molar-refractivity contribution in [3.8, 4) is 0 Å². The first-order valence-electron chi connectivity index (χ1n) is 18.4. The van der Waals surface area contributed by atoms with Crippen molar-refractivity contribution < 1.29 is 19.7 Å². The minimum atomic E-state index is -0.128. The summed E-state index contributed by atoms with van der Waals surface area (Å²) in [6.45, 7) is 3.13. The SMILES string of the molecule is O=C(CCCCO)OCCCCCCCCCCCN1c2ccccc2N(CCCCCCCCCCCO)c2ccccc21. The average Bonchev–Trinajstić information content (AvgIpc) is 3.06. The zero-order valence-corrected chi connectivity index (χ0v) is 28.1. The summed E-state index contributed by atoms with van der Waals surface area (Å²) in [5, 5.41) is 17.7. The molecule has 0 spiro atoms. The predicted molar refractivity (Wildman–Crippen MR) is 189 cm³/mol. The quantitative estimate of drug-likeness (QED) is 0.0763. The van der Waals surface area contributed by atoms with Crippen molar-refractivity contribution in [2.24, 2.45) is 0 Å². The van der Waals surface area contributed by atoms with Gasteiger partial charge in [0, 0.05) is 32.7 Å². The van der Waals surface area contributed by atoms with Crippen LogP contribution in [0.2, 0.25) is 0 Å². The lowest BCUT2D eigenvalue weighted by atomic mass is 10.0. The van der Waals surface area contributed by atoms with Crippen molar-refractivity contribution in [3.05, 3.63) is 48.5 Å². The summed E-state index contributed by atoms with van der Waals surface area (Å²) in [4.78, 5) is 16.7. The number of benzene rings is 2. The summed E-state index contributed by atoms with van der Waals surface area (Å²) in [7, 11) is 0. The maximum Gasteiger partial charge on any atom is 0.305 e. The average molecular weight is 623 g/mol. The minimum absolute atomic E-state index is 0.128. The fourth-order valence-corrected chi connectivity index (χ4v) is 6.45. The van der Waals surface area contributed by atoms with Crippen LogP contribution in [0.3, 0.4) is 0 Å². The van der Waals surface area contributed by atoms with Crippen LogP contribution < -0.4 is 9.80 Å². The van der Waals surface area contributed by atoms with Crippen molar-refractivity contribution >= 4 is 28.7 Å². The number of hydrogen-bond donors (Lipinski definition) is 2. The van der Waals surface area contributed by atoms with Crippen LogP contribution in [0.1, 0.15) is 135 Å². The van der Waals surface area contributed by atoms with E-state index in [1.807, 2.05) is 0 Å². The lowest BCUT2D eigenvalue weighted by molar-refractivity contribution is -0.143. The molecule has 0 amide bonds. The summed E-state index contributed by atoms with van der Waals surface area (Å²) in [5.41, 5.74) is 5.37. The zero-order valence-electron chi connectivity index (χ0n) is 28.1. The van der Waals surface area contributed by atoms with Crippen LogP contribution in [-0.4, -0.2) is 49.1 Å². The second-order valence-electron chi connectivity index (χ2n) is 12.8. The molecule has 2 aromatic carbocycles. The maximum atomic E-state index is 11.6. The first-order chi connectivity index (χ1) is 22.3. The molecule has 0 aromatic heterocycles. The van der Waals surface area contributed by atoms with Crippen molar-refractivity contribution in [2.75, 3.05) is 42.7 Å². The number of nitrogens with zero attached hydrogens (tertiary/aromatic N) is 2. The van der Waals surface area contributed by atoms with Gasteiger partial charge in [-0.15, -0.1) is 0 Å². The monoisotopic (exact) mass is 622 g/mol. The van der Waals surface area contributed by atoms with Gasteiger partial charge in [-0.05, 0) is 62.8 Å². The smallest absolute Gasteiger partial charge is 0.305 e. The number of aliphatic hydroxyl groups is 2. The van der Waals surface area contributed by atoms with Gasteiger partial charge in [0.1, 0.15) is 0 Å². The molecule has 0 unspecified atom stereocenters. The van der Waals surface area contributed by atoms with Crippen LogP contribution in [0.5, 0.6) is 0 Å². The van der Waals surface area contributed by atoms with Crippen LogP contribution in [0.4, 0.5) is 22.7 Å². The van der Waals surface area contributed by atoms with Gasteiger partial charge in [-0.3, -0.25) is 4.79 Å². The van der Waals surface area contributed by atoms with Crippen molar-refractivity contribution in [1.29, 1.82) is 0 Å². The van der Waals surface area contributed by atoms with E-state index in [-0.39, 0.29) is 12.6 Å². The van der Waals surface area contributed by atoms with E-state index in [1.165, 1.54) is 119 Å². The third-order valence-corrected chi connectivity index (χ3v) is 9.04. The van der Waals surface area contributed by atoms with Crippen LogP contribution in [0, 0.1) is 0 Å². The number of unbranched alkanes of at least 4 members (excludes halogenated alkanes) is 17. The third-order valence-electron chi connectivity index (χ3n) is 9.04. The fourth-order valence-electron chi connectivity index (χ4n) is 6.45.